The zero-order chi connectivity index (χ0) is 18.6. The van der Waals surface area contributed by atoms with Crippen LogP contribution < -0.4 is 14.6 Å². The van der Waals surface area contributed by atoms with Gasteiger partial charge in [0.05, 0.1) is 19.3 Å². The summed E-state index contributed by atoms with van der Waals surface area (Å²) >= 11 is 0. The minimum atomic E-state index is 0.0431. The average Bonchev–Trinajstić information content (AvgIpc) is 2.66. The normalized spacial score (nSPS) is 15.0. The molecule has 1 aliphatic rings. The second-order valence-electron chi connectivity index (χ2n) is 7.68. The largest absolute Gasteiger partial charge is 0.484 e. The minimum Gasteiger partial charge on any atom is -0.484 e. The predicted octanol–water partition coefficient (Wildman–Crippen LogP) is 2.53. The summed E-state index contributed by atoms with van der Waals surface area (Å²) in [6.07, 6.45) is 1.92. The van der Waals surface area contributed by atoms with Gasteiger partial charge in [-0.3, -0.25) is 9.69 Å². The Kier molecular flexibility index (Phi) is 5.45. The summed E-state index contributed by atoms with van der Waals surface area (Å²) in [6, 6.07) is 14.1. The average molecular weight is 354 g/mol. The molecule has 1 aromatic heterocycles. The van der Waals surface area contributed by atoms with Gasteiger partial charge >= 0.3 is 0 Å². The molecule has 5 nitrogen and oxygen atoms in total. The molecule has 0 radical (unpaired) electrons. The van der Waals surface area contributed by atoms with Crippen LogP contribution in [-0.4, -0.2) is 43.6 Å². The molecule has 1 fully saturated rings. The molecule has 1 saturated heterocycles. The highest BCUT2D eigenvalue weighted by Gasteiger charge is 2.26. The van der Waals surface area contributed by atoms with E-state index < -0.39 is 0 Å². The van der Waals surface area contributed by atoms with Crippen molar-refractivity contribution in [1.82, 2.24) is 4.90 Å². The number of amides is 1. The monoisotopic (exact) mass is 354 g/mol. The Hall–Kier alpha value is -2.56. The number of carbonyl (C=O) groups is 1. The van der Waals surface area contributed by atoms with Gasteiger partial charge in [-0.05, 0) is 29.2 Å². The predicted molar refractivity (Wildman–Crippen MR) is 102 cm³/mol. The Balaban J connectivity index is 1.47. The van der Waals surface area contributed by atoms with E-state index in [1.165, 1.54) is 5.56 Å². The zero-order valence-electron chi connectivity index (χ0n) is 15.9. The first-order chi connectivity index (χ1) is 12.4. The third-order valence-corrected chi connectivity index (χ3v) is 4.75. The van der Waals surface area contributed by atoms with Crippen molar-refractivity contribution in [3.63, 3.8) is 0 Å². The molecule has 0 saturated carbocycles. The summed E-state index contributed by atoms with van der Waals surface area (Å²) in [4.78, 5) is 19.8. The van der Waals surface area contributed by atoms with Gasteiger partial charge in [-0.25, -0.2) is 4.98 Å². The van der Waals surface area contributed by atoms with Gasteiger partial charge in [0.1, 0.15) is 18.8 Å². The first-order valence-electron chi connectivity index (χ1n) is 9.16. The SMILES string of the molecule is CC(C)(C)c1ccc(OCC(=O)N2CCN(c3cccc[nH+]3)CC2)cc1. The van der Waals surface area contributed by atoms with Gasteiger partial charge in [0.2, 0.25) is 0 Å². The molecule has 2 heterocycles. The van der Waals surface area contributed by atoms with Crippen LogP contribution in [0.4, 0.5) is 5.82 Å². The Morgan fingerprint density at radius 2 is 1.73 bits per heavy atom. The van der Waals surface area contributed by atoms with Crippen LogP contribution in [0, 0.1) is 0 Å². The van der Waals surface area contributed by atoms with Gasteiger partial charge < -0.3 is 9.64 Å². The van der Waals surface area contributed by atoms with Crippen LogP contribution in [0.15, 0.2) is 48.7 Å². The molecule has 1 amide bonds. The van der Waals surface area contributed by atoms with E-state index in [1.54, 1.807) is 0 Å². The number of nitrogens with one attached hydrogen (secondary N) is 1. The standard InChI is InChI=1S/C21H27N3O2/c1-21(2,3)17-7-9-18(10-8-17)26-16-20(25)24-14-12-23(13-15-24)19-6-4-5-11-22-19/h4-11H,12-16H2,1-3H3/p+1. The Labute approximate surface area is 155 Å². The van der Waals surface area contributed by atoms with E-state index in [-0.39, 0.29) is 17.9 Å². The van der Waals surface area contributed by atoms with Crippen LogP contribution in [0.3, 0.4) is 0 Å². The second-order valence-corrected chi connectivity index (χ2v) is 7.68. The van der Waals surface area contributed by atoms with Crippen molar-refractivity contribution in [3.05, 3.63) is 54.2 Å². The van der Waals surface area contributed by atoms with Crippen LogP contribution >= 0.6 is 0 Å². The molecule has 138 valence electrons. The number of anilines is 1. The maximum atomic E-state index is 12.4. The van der Waals surface area contributed by atoms with Crippen molar-refractivity contribution in [2.24, 2.45) is 0 Å². The van der Waals surface area contributed by atoms with Crippen LogP contribution in [0.25, 0.3) is 0 Å². The summed E-state index contributed by atoms with van der Waals surface area (Å²) in [5.74, 6) is 1.88. The number of nitrogens with zero attached hydrogens (tertiary/aromatic N) is 2. The van der Waals surface area contributed by atoms with Gasteiger partial charge in [0, 0.05) is 6.07 Å². The summed E-state index contributed by atoms with van der Waals surface area (Å²) in [5.41, 5.74) is 1.37. The molecule has 0 aliphatic carbocycles. The molecular weight excluding hydrogens is 326 g/mol. The molecule has 5 heteroatoms. The molecule has 0 bridgehead atoms. The number of aromatic nitrogens is 1. The fourth-order valence-electron chi connectivity index (χ4n) is 3.06. The number of benzene rings is 1. The van der Waals surface area contributed by atoms with E-state index in [1.807, 2.05) is 35.4 Å². The van der Waals surface area contributed by atoms with Gasteiger partial charge in [-0.2, -0.15) is 0 Å². The van der Waals surface area contributed by atoms with E-state index in [0.717, 1.165) is 24.7 Å². The minimum absolute atomic E-state index is 0.0431. The van der Waals surface area contributed by atoms with Gasteiger partial charge in [0.25, 0.3) is 11.7 Å². The second kappa shape index (κ2) is 7.77. The van der Waals surface area contributed by atoms with Crippen LogP contribution in [0.5, 0.6) is 5.75 Å². The molecule has 3 rings (SSSR count). The van der Waals surface area contributed by atoms with E-state index in [0.29, 0.717) is 13.1 Å². The molecule has 0 atom stereocenters. The molecule has 1 aromatic carbocycles. The number of H-pyrrole nitrogens is 1. The summed E-state index contributed by atoms with van der Waals surface area (Å²) in [6.45, 7) is 9.71. The van der Waals surface area contributed by atoms with Crippen molar-refractivity contribution in [3.8, 4) is 5.75 Å². The third kappa shape index (κ3) is 4.54. The molecule has 1 aliphatic heterocycles. The van der Waals surface area contributed by atoms with Gasteiger partial charge in [0.15, 0.2) is 6.61 Å². The molecular formula is C21H28N3O2+. The quantitative estimate of drug-likeness (QED) is 0.848. The number of aromatic amines is 1. The van der Waals surface area contributed by atoms with E-state index in [2.05, 4.69) is 48.9 Å². The molecule has 0 unspecified atom stereocenters. The van der Waals surface area contributed by atoms with Crippen molar-refractivity contribution < 1.29 is 14.5 Å². The van der Waals surface area contributed by atoms with Crippen molar-refractivity contribution in [2.45, 2.75) is 26.2 Å². The summed E-state index contributed by atoms with van der Waals surface area (Å²) in [5, 5.41) is 0. The zero-order valence-corrected chi connectivity index (χ0v) is 15.9. The van der Waals surface area contributed by atoms with E-state index in [4.69, 9.17) is 4.74 Å². The first-order valence-corrected chi connectivity index (χ1v) is 9.16. The lowest BCUT2D eigenvalue weighted by molar-refractivity contribution is -0.364. The Morgan fingerprint density at radius 1 is 1.04 bits per heavy atom. The highest BCUT2D eigenvalue weighted by Crippen LogP contribution is 2.24. The van der Waals surface area contributed by atoms with Crippen molar-refractivity contribution in [2.75, 3.05) is 37.7 Å². The first kappa shape index (κ1) is 18.2. The van der Waals surface area contributed by atoms with E-state index in [9.17, 15) is 4.79 Å². The highest BCUT2D eigenvalue weighted by atomic mass is 16.5. The lowest BCUT2D eigenvalue weighted by Gasteiger charge is -2.30. The topological polar surface area (TPSA) is 46.9 Å². The number of pyridine rings is 1. The lowest BCUT2D eigenvalue weighted by atomic mass is 9.87. The van der Waals surface area contributed by atoms with Gasteiger partial charge in [-0.15, -0.1) is 0 Å². The smallest absolute Gasteiger partial charge is 0.274 e. The number of piperazine rings is 1. The summed E-state index contributed by atoms with van der Waals surface area (Å²) < 4.78 is 5.69. The number of ether oxygens (including phenoxy) is 1. The molecule has 26 heavy (non-hydrogen) atoms. The van der Waals surface area contributed by atoms with Crippen LogP contribution in [-0.2, 0) is 10.2 Å². The fraction of sp³-hybridized carbons (Fsp3) is 0.429. The van der Waals surface area contributed by atoms with Crippen molar-refractivity contribution in [1.29, 1.82) is 0 Å². The maximum absolute atomic E-state index is 12.4. The molecule has 2 aromatic rings. The molecule has 1 N–H and O–H groups in total. The lowest BCUT2D eigenvalue weighted by Crippen LogP contribution is -2.51. The number of carbonyl (C=O) groups excluding carboxylic acids is 1. The Bertz CT molecular complexity index is 715. The van der Waals surface area contributed by atoms with Crippen molar-refractivity contribution >= 4 is 11.7 Å². The third-order valence-electron chi connectivity index (χ3n) is 4.75. The fourth-order valence-corrected chi connectivity index (χ4v) is 3.06. The number of hydrogen-bond donors (Lipinski definition) is 0. The van der Waals surface area contributed by atoms with Crippen LogP contribution in [0.2, 0.25) is 0 Å². The Morgan fingerprint density at radius 3 is 2.31 bits per heavy atom. The number of rotatable bonds is 4. The van der Waals surface area contributed by atoms with Crippen LogP contribution in [0.1, 0.15) is 26.3 Å². The maximum Gasteiger partial charge on any atom is 0.274 e. The summed E-state index contributed by atoms with van der Waals surface area (Å²) in [7, 11) is 0. The highest BCUT2D eigenvalue weighted by molar-refractivity contribution is 5.78. The number of hydrogen-bond acceptors (Lipinski definition) is 3. The molecule has 0 spiro atoms. The van der Waals surface area contributed by atoms with E-state index >= 15 is 0 Å². The van der Waals surface area contributed by atoms with Gasteiger partial charge in [-0.1, -0.05) is 39.0 Å².